The van der Waals surface area contributed by atoms with Gasteiger partial charge in [0.1, 0.15) is 23.9 Å². The van der Waals surface area contributed by atoms with E-state index >= 15 is 0 Å². The maximum absolute atomic E-state index is 11.3. The largest absolute Gasteiger partial charge is 0.488 e. The predicted molar refractivity (Wildman–Crippen MR) is 143 cm³/mol. The lowest BCUT2D eigenvalue weighted by atomic mass is 9.65. The van der Waals surface area contributed by atoms with Crippen LogP contribution >= 0.6 is 0 Å². The number of hydrogen-bond acceptors (Lipinski definition) is 7. The van der Waals surface area contributed by atoms with Crippen LogP contribution in [-0.2, 0) is 4.79 Å². The molecule has 196 valence electrons. The van der Waals surface area contributed by atoms with Gasteiger partial charge >= 0.3 is 0 Å². The number of benzene rings is 1. The van der Waals surface area contributed by atoms with Gasteiger partial charge in [-0.15, -0.1) is 0 Å². The van der Waals surface area contributed by atoms with Crippen LogP contribution in [0.2, 0.25) is 0 Å². The summed E-state index contributed by atoms with van der Waals surface area (Å²) in [6.45, 7) is 6.17. The number of nitrogens with zero attached hydrogens (tertiary/aromatic N) is 5. The number of carbonyl (C=O) groups is 1. The molecule has 3 aromatic heterocycles. The second-order valence-electron chi connectivity index (χ2n) is 10.9. The zero-order chi connectivity index (χ0) is 25.9. The lowest BCUT2D eigenvalue weighted by molar-refractivity contribution is -0.113. The average molecular weight is 513 g/mol. The maximum atomic E-state index is 11.3. The highest BCUT2D eigenvalue weighted by atomic mass is 16.5. The molecule has 1 aromatic carbocycles. The van der Waals surface area contributed by atoms with Crippen molar-refractivity contribution >= 4 is 23.4 Å². The second kappa shape index (κ2) is 8.85. The molecule has 1 amide bonds. The Kier molecular flexibility index (Phi) is 5.42. The molecule has 5 heterocycles. The molecule has 7 rings (SSSR count). The van der Waals surface area contributed by atoms with Gasteiger partial charge in [-0.3, -0.25) is 14.3 Å². The highest BCUT2D eigenvalue weighted by Gasteiger charge is 2.45. The number of aromatic nitrogens is 4. The zero-order valence-corrected chi connectivity index (χ0v) is 21.8. The van der Waals surface area contributed by atoms with Gasteiger partial charge in [0, 0.05) is 30.4 Å². The normalized spacial score (nSPS) is 20.7. The van der Waals surface area contributed by atoms with Gasteiger partial charge in [0.05, 0.1) is 22.5 Å². The molecule has 2 aliphatic heterocycles. The summed E-state index contributed by atoms with van der Waals surface area (Å²) >= 11 is 0. The predicted octanol–water partition coefficient (Wildman–Crippen LogP) is 4.57. The standard InChI is InChI=1S/C29H32N6O3/c1-18-25(19(2)38-33-18)21-7-8-23-26-27(21)37-16-24(22-6-3-4-13-30-22)35(26)28(32-23)34-14-9-20(10-15-34)29(31-17-36)11-5-12-29/h3-4,6-8,13,17,20,24H,5,9-12,14-16H2,1-2H3,(H,31,36)/t24-/m1/s1. The Morgan fingerprint density at radius 1 is 1.13 bits per heavy atom. The van der Waals surface area contributed by atoms with Crippen LogP contribution < -0.4 is 15.0 Å². The summed E-state index contributed by atoms with van der Waals surface area (Å²) in [5.74, 6) is 3.05. The van der Waals surface area contributed by atoms with Crippen molar-refractivity contribution in [1.82, 2.24) is 25.0 Å². The minimum Gasteiger partial charge on any atom is -0.488 e. The van der Waals surface area contributed by atoms with Crippen LogP contribution in [0.4, 0.5) is 5.95 Å². The molecule has 1 saturated heterocycles. The van der Waals surface area contributed by atoms with E-state index in [-0.39, 0.29) is 11.6 Å². The van der Waals surface area contributed by atoms with Crippen molar-refractivity contribution in [3.8, 4) is 16.9 Å². The molecular weight excluding hydrogens is 480 g/mol. The van der Waals surface area contributed by atoms with E-state index in [1.165, 1.54) is 6.42 Å². The summed E-state index contributed by atoms with van der Waals surface area (Å²) in [4.78, 5) is 23.6. The van der Waals surface area contributed by atoms with Gasteiger partial charge in [0.2, 0.25) is 12.4 Å². The lowest BCUT2D eigenvalue weighted by Crippen LogP contribution is -2.58. The number of anilines is 1. The highest BCUT2D eigenvalue weighted by Crippen LogP contribution is 2.47. The lowest BCUT2D eigenvalue weighted by Gasteiger charge is -2.50. The van der Waals surface area contributed by atoms with Gasteiger partial charge in [-0.05, 0) is 76.1 Å². The molecular formula is C29H32N6O3. The minimum atomic E-state index is -0.0870. The first-order chi connectivity index (χ1) is 18.6. The van der Waals surface area contributed by atoms with E-state index in [0.717, 1.165) is 96.2 Å². The minimum absolute atomic E-state index is 0.0137. The summed E-state index contributed by atoms with van der Waals surface area (Å²) in [6.07, 6.45) is 8.16. The SMILES string of the molecule is Cc1noc(C)c1-c1ccc2nc(N3CCC(C4(NC=O)CCC4)CC3)n3c2c1OC[C@@H]3c1ccccn1. The van der Waals surface area contributed by atoms with Crippen LogP contribution in [0, 0.1) is 19.8 Å². The van der Waals surface area contributed by atoms with Crippen LogP contribution in [0.1, 0.15) is 55.3 Å². The number of rotatable bonds is 6. The number of hydrogen-bond donors (Lipinski definition) is 1. The van der Waals surface area contributed by atoms with Crippen LogP contribution in [0.5, 0.6) is 5.75 Å². The highest BCUT2D eigenvalue weighted by molar-refractivity contribution is 5.94. The van der Waals surface area contributed by atoms with Crippen molar-refractivity contribution in [2.45, 2.75) is 57.5 Å². The number of nitrogens with one attached hydrogen (secondary N) is 1. The molecule has 1 aliphatic carbocycles. The van der Waals surface area contributed by atoms with E-state index < -0.39 is 0 Å². The Labute approximate surface area is 221 Å². The molecule has 9 heteroatoms. The maximum Gasteiger partial charge on any atom is 0.207 e. The molecule has 9 nitrogen and oxygen atoms in total. The fraction of sp³-hybridized carbons (Fsp3) is 0.448. The van der Waals surface area contributed by atoms with E-state index in [1.54, 1.807) is 0 Å². The summed E-state index contributed by atoms with van der Waals surface area (Å²) in [5.41, 5.74) is 5.63. The number of aryl methyl sites for hydroxylation is 2. The van der Waals surface area contributed by atoms with Crippen molar-refractivity contribution in [1.29, 1.82) is 0 Å². The van der Waals surface area contributed by atoms with Crippen LogP contribution in [0.25, 0.3) is 22.2 Å². The second-order valence-corrected chi connectivity index (χ2v) is 10.9. The van der Waals surface area contributed by atoms with Crippen molar-refractivity contribution in [2.75, 3.05) is 24.6 Å². The first-order valence-corrected chi connectivity index (χ1v) is 13.6. The van der Waals surface area contributed by atoms with Crippen molar-refractivity contribution in [2.24, 2.45) is 5.92 Å². The summed E-state index contributed by atoms with van der Waals surface area (Å²) in [5, 5.41) is 7.36. The fourth-order valence-corrected chi connectivity index (χ4v) is 6.88. The number of imidazole rings is 1. The molecule has 1 saturated carbocycles. The van der Waals surface area contributed by atoms with Gasteiger partial charge in [0.15, 0.2) is 5.75 Å². The molecule has 38 heavy (non-hydrogen) atoms. The summed E-state index contributed by atoms with van der Waals surface area (Å²) < 4.78 is 14.3. The molecule has 0 radical (unpaired) electrons. The van der Waals surface area contributed by atoms with Crippen LogP contribution in [0.3, 0.4) is 0 Å². The van der Waals surface area contributed by atoms with E-state index in [2.05, 4.69) is 38.1 Å². The summed E-state index contributed by atoms with van der Waals surface area (Å²) in [7, 11) is 0. The Morgan fingerprint density at radius 2 is 1.97 bits per heavy atom. The van der Waals surface area contributed by atoms with Gasteiger partial charge in [0.25, 0.3) is 0 Å². The molecule has 0 spiro atoms. The Balaban J connectivity index is 1.32. The molecule has 3 aliphatic rings. The van der Waals surface area contributed by atoms with Crippen molar-refractivity contribution < 1.29 is 14.1 Å². The smallest absolute Gasteiger partial charge is 0.207 e. The van der Waals surface area contributed by atoms with Crippen LogP contribution in [0.15, 0.2) is 41.1 Å². The summed E-state index contributed by atoms with van der Waals surface area (Å²) in [6, 6.07) is 10.1. The number of ether oxygens (including phenoxy) is 1. The number of carbonyl (C=O) groups excluding carboxylic acids is 1. The van der Waals surface area contributed by atoms with Gasteiger partial charge in [-0.2, -0.15) is 0 Å². The Hall–Kier alpha value is -3.88. The quantitative estimate of drug-likeness (QED) is 0.378. The topological polar surface area (TPSA) is 98.3 Å². The third-order valence-corrected chi connectivity index (χ3v) is 8.97. The van der Waals surface area contributed by atoms with Gasteiger partial charge < -0.3 is 19.5 Å². The molecule has 4 aromatic rings. The Bertz CT molecular complexity index is 1480. The average Bonchev–Trinajstić information content (AvgIpc) is 3.48. The first kappa shape index (κ1) is 23.3. The van der Waals surface area contributed by atoms with E-state index in [0.29, 0.717) is 12.5 Å². The zero-order valence-electron chi connectivity index (χ0n) is 21.8. The molecule has 2 fully saturated rings. The number of amides is 1. The third-order valence-electron chi connectivity index (χ3n) is 8.97. The number of piperidine rings is 1. The monoisotopic (exact) mass is 512 g/mol. The molecule has 1 N–H and O–H groups in total. The van der Waals surface area contributed by atoms with Gasteiger partial charge in [-0.25, -0.2) is 4.98 Å². The molecule has 0 unspecified atom stereocenters. The fourth-order valence-electron chi connectivity index (χ4n) is 6.88. The van der Waals surface area contributed by atoms with Crippen molar-refractivity contribution in [3.63, 3.8) is 0 Å². The van der Waals surface area contributed by atoms with E-state index in [1.807, 2.05) is 32.2 Å². The molecule has 0 bridgehead atoms. The number of pyridine rings is 1. The van der Waals surface area contributed by atoms with E-state index in [9.17, 15) is 4.79 Å². The van der Waals surface area contributed by atoms with Crippen LogP contribution in [-0.4, -0.2) is 51.3 Å². The van der Waals surface area contributed by atoms with E-state index in [4.69, 9.17) is 19.2 Å². The molecule has 1 atom stereocenters. The van der Waals surface area contributed by atoms with Crippen molar-refractivity contribution in [3.05, 3.63) is 53.7 Å². The third kappa shape index (κ3) is 3.44. The first-order valence-electron chi connectivity index (χ1n) is 13.6. The van der Waals surface area contributed by atoms with Gasteiger partial charge in [-0.1, -0.05) is 11.2 Å². The Morgan fingerprint density at radius 3 is 2.63 bits per heavy atom.